The number of carbonyl (C=O) groups excluding carboxylic acids is 3. The molecule has 1 unspecified atom stereocenters. The lowest BCUT2D eigenvalue weighted by Gasteiger charge is -2.40. The van der Waals surface area contributed by atoms with E-state index in [1.54, 1.807) is 29.2 Å². The minimum absolute atomic E-state index is 0.100. The molecule has 2 fully saturated rings. The fourth-order valence-electron chi connectivity index (χ4n) is 4.81. The van der Waals surface area contributed by atoms with Gasteiger partial charge in [-0.3, -0.25) is 14.9 Å². The molecule has 2 N–H and O–H groups in total. The summed E-state index contributed by atoms with van der Waals surface area (Å²) >= 11 is 0. The van der Waals surface area contributed by atoms with E-state index in [0.717, 1.165) is 5.56 Å². The highest BCUT2D eigenvalue weighted by molar-refractivity contribution is 6.07. The first kappa shape index (κ1) is 21.8. The first-order chi connectivity index (χ1) is 16.5. The van der Waals surface area contributed by atoms with Gasteiger partial charge in [-0.15, -0.1) is 0 Å². The zero-order valence-electron chi connectivity index (χ0n) is 18.5. The molecule has 2 saturated heterocycles. The number of nitrogens with zero attached hydrogens (tertiary/aromatic N) is 1. The summed E-state index contributed by atoms with van der Waals surface area (Å²) in [5, 5.41) is 5.31. The Morgan fingerprint density at radius 2 is 1.65 bits per heavy atom. The van der Waals surface area contributed by atoms with E-state index in [2.05, 4.69) is 10.6 Å². The molecule has 5 rings (SSSR count). The molecule has 2 aliphatic heterocycles. The SMILES string of the molecule is O=C1NC(=O)C(Cc2ccccc2)(C2CCN(C(=O)c3ccc(Oc4ccccc4)o3)CC2)N1. The van der Waals surface area contributed by atoms with E-state index in [0.29, 0.717) is 38.1 Å². The summed E-state index contributed by atoms with van der Waals surface area (Å²) in [5.74, 6) is 0.444. The molecule has 1 aromatic heterocycles. The second kappa shape index (κ2) is 9.05. The number of amides is 4. The van der Waals surface area contributed by atoms with Gasteiger partial charge >= 0.3 is 6.03 Å². The highest BCUT2D eigenvalue weighted by Gasteiger charge is 2.52. The molecule has 0 saturated carbocycles. The number of hydrogen-bond donors (Lipinski definition) is 2. The van der Waals surface area contributed by atoms with E-state index in [9.17, 15) is 14.4 Å². The monoisotopic (exact) mass is 459 g/mol. The van der Waals surface area contributed by atoms with Crippen molar-refractivity contribution < 1.29 is 23.5 Å². The largest absolute Gasteiger partial charge is 0.426 e. The molecule has 0 radical (unpaired) electrons. The predicted octanol–water partition coefficient (Wildman–Crippen LogP) is 3.75. The molecule has 0 bridgehead atoms. The molecule has 8 heteroatoms. The average molecular weight is 460 g/mol. The van der Waals surface area contributed by atoms with Crippen LogP contribution in [0.2, 0.25) is 0 Å². The van der Waals surface area contributed by atoms with Gasteiger partial charge in [0.2, 0.25) is 0 Å². The maximum atomic E-state index is 13.0. The first-order valence-electron chi connectivity index (χ1n) is 11.3. The smallest absolute Gasteiger partial charge is 0.322 e. The quantitative estimate of drug-likeness (QED) is 0.547. The van der Waals surface area contributed by atoms with Crippen LogP contribution < -0.4 is 15.4 Å². The molecule has 3 aromatic rings. The van der Waals surface area contributed by atoms with Gasteiger partial charge in [0, 0.05) is 25.6 Å². The lowest BCUT2D eigenvalue weighted by Crippen LogP contribution is -2.57. The number of furan rings is 1. The van der Waals surface area contributed by atoms with Gasteiger partial charge in [0.05, 0.1) is 0 Å². The number of hydrogen-bond acceptors (Lipinski definition) is 5. The maximum Gasteiger partial charge on any atom is 0.322 e. The van der Waals surface area contributed by atoms with Crippen LogP contribution in [0.3, 0.4) is 0 Å². The lowest BCUT2D eigenvalue weighted by molar-refractivity contribution is -0.126. The van der Waals surface area contributed by atoms with Crippen molar-refractivity contribution in [2.45, 2.75) is 24.8 Å². The van der Waals surface area contributed by atoms with Crippen molar-refractivity contribution >= 4 is 17.8 Å². The van der Waals surface area contributed by atoms with E-state index in [-0.39, 0.29) is 29.4 Å². The molecule has 2 aliphatic rings. The Balaban J connectivity index is 1.26. The molecule has 0 aliphatic carbocycles. The van der Waals surface area contributed by atoms with Crippen molar-refractivity contribution in [3.8, 4) is 11.7 Å². The molecular formula is C26H25N3O5. The van der Waals surface area contributed by atoms with Crippen LogP contribution in [0.25, 0.3) is 0 Å². The summed E-state index contributed by atoms with van der Waals surface area (Å²) in [4.78, 5) is 39.7. The highest BCUT2D eigenvalue weighted by atomic mass is 16.6. The van der Waals surface area contributed by atoms with E-state index >= 15 is 0 Å². The van der Waals surface area contributed by atoms with Gasteiger partial charge in [0.15, 0.2) is 5.76 Å². The number of para-hydroxylation sites is 1. The van der Waals surface area contributed by atoms with Gasteiger partial charge in [0.25, 0.3) is 17.8 Å². The van der Waals surface area contributed by atoms with E-state index in [1.165, 1.54) is 0 Å². The number of imide groups is 1. The molecule has 34 heavy (non-hydrogen) atoms. The number of nitrogens with one attached hydrogen (secondary N) is 2. The number of rotatable bonds is 6. The van der Waals surface area contributed by atoms with Crippen LogP contribution in [-0.4, -0.2) is 41.4 Å². The molecule has 4 amide bonds. The van der Waals surface area contributed by atoms with Crippen LogP contribution in [0, 0.1) is 5.92 Å². The summed E-state index contributed by atoms with van der Waals surface area (Å²) in [6.07, 6.45) is 1.57. The normalized spacial score (nSPS) is 20.6. The fourth-order valence-corrected chi connectivity index (χ4v) is 4.81. The van der Waals surface area contributed by atoms with Gasteiger partial charge in [-0.2, -0.15) is 0 Å². The molecule has 8 nitrogen and oxygen atoms in total. The minimum atomic E-state index is -1.02. The third kappa shape index (κ3) is 4.26. The Morgan fingerprint density at radius 3 is 2.29 bits per heavy atom. The van der Waals surface area contributed by atoms with Crippen LogP contribution in [0.5, 0.6) is 11.7 Å². The highest BCUT2D eigenvalue weighted by Crippen LogP contribution is 2.34. The van der Waals surface area contributed by atoms with Crippen LogP contribution in [0.15, 0.2) is 77.2 Å². The van der Waals surface area contributed by atoms with Crippen molar-refractivity contribution in [3.63, 3.8) is 0 Å². The summed E-state index contributed by atoms with van der Waals surface area (Å²) in [5.41, 5.74) is -0.0468. The summed E-state index contributed by atoms with van der Waals surface area (Å²) < 4.78 is 11.3. The van der Waals surface area contributed by atoms with Gasteiger partial charge < -0.3 is 19.4 Å². The molecule has 2 aromatic carbocycles. The zero-order valence-corrected chi connectivity index (χ0v) is 18.5. The Kier molecular flexibility index (Phi) is 5.79. The van der Waals surface area contributed by atoms with Crippen molar-refractivity contribution in [3.05, 3.63) is 84.1 Å². The molecule has 3 heterocycles. The van der Waals surface area contributed by atoms with E-state index in [1.807, 2.05) is 48.5 Å². The molecule has 1 atom stereocenters. The minimum Gasteiger partial charge on any atom is -0.426 e. The average Bonchev–Trinajstić information content (AvgIpc) is 3.44. The van der Waals surface area contributed by atoms with Crippen LogP contribution >= 0.6 is 0 Å². The second-order valence-electron chi connectivity index (χ2n) is 8.64. The number of likely N-dealkylation sites (tertiary alicyclic amines) is 1. The number of benzene rings is 2. The Bertz CT molecular complexity index is 1190. The Morgan fingerprint density at radius 1 is 0.971 bits per heavy atom. The van der Waals surface area contributed by atoms with Crippen molar-refractivity contribution in [2.24, 2.45) is 5.92 Å². The Labute approximate surface area is 196 Å². The third-order valence-electron chi connectivity index (χ3n) is 6.53. The van der Waals surface area contributed by atoms with Crippen molar-refractivity contribution in [2.75, 3.05) is 13.1 Å². The third-order valence-corrected chi connectivity index (χ3v) is 6.53. The molecular weight excluding hydrogens is 434 g/mol. The molecule has 174 valence electrons. The molecule has 0 spiro atoms. The number of urea groups is 1. The summed E-state index contributed by atoms with van der Waals surface area (Å²) in [6, 6.07) is 21.6. The van der Waals surface area contributed by atoms with Crippen LogP contribution in [-0.2, 0) is 11.2 Å². The second-order valence-corrected chi connectivity index (χ2v) is 8.64. The van der Waals surface area contributed by atoms with Crippen LogP contribution in [0.4, 0.5) is 4.79 Å². The summed E-state index contributed by atoms with van der Waals surface area (Å²) in [7, 11) is 0. The fraction of sp³-hybridized carbons (Fsp3) is 0.269. The first-order valence-corrected chi connectivity index (χ1v) is 11.3. The standard InChI is InChI=1S/C26H25N3O5/c30-23(21-11-12-22(34-21)33-20-9-5-2-6-10-20)29-15-13-19(14-16-29)26(24(31)27-25(32)28-26)17-18-7-3-1-4-8-18/h1-12,19H,13-17H2,(H2,27,28,31,32). The van der Waals surface area contributed by atoms with E-state index < -0.39 is 11.6 Å². The summed E-state index contributed by atoms with van der Waals surface area (Å²) in [6.45, 7) is 0.914. The van der Waals surface area contributed by atoms with E-state index in [4.69, 9.17) is 9.15 Å². The lowest BCUT2D eigenvalue weighted by atomic mass is 9.74. The van der Waals surface area contributed by atoms with Gasteiger partial charge in [0.1, 0.15) is 11.3 Å². The van der Waals surface area contributed by atoms with Crippen molar-refractivity contribution in [1.29, 1.82) is 0 Å². The Hall–Kier alpha value is -4.07. The maximum absolute atomic E-state index is 13.0. The number of carbonyl (C=O) groups is 3. The number of ether oxygens (including phenoxy) is 1. The van der Waals surface area contributed by atoms with Gasteiger partial charge in [-0.1, -0.05) is 48.5 Å². The van der Waals surface area contributed by atoms with Crippen LogP contribution in [0.1, 0.15) is 29.0 Å². The topological polar surface area (TPSA) is 101 Å². The van der Waals surface area contributed by atoms with Gasteiger partial charge in [-0.25, -0.2) is 4.79 Å². The number of piperidine rings is 1. The van der Waals surface area contributed by atoms with Crippen molar-refractivity contribution in [1.82, 2.24) is 15.5 Å². The van der Waals surface area contributed by atoms with Gasteiger partial charge in [-0.05, 0) is 42.5 Å². The predicted molar refractivity (Wildman–Crippen MR) is 123 cm³/mol. The zero-order chi connectivity index (χ0) is 23.5.